The number of aromatic carboxylic acids is 1. The number of carboxylic acids is 1. The Morgan fingerprint density at radius 3 is 2.71 bits per heavy atom. The van der Waals surface area contributed by atoms with E-state index in [-0.39, 0.29) is 22.6 Å². The number of nitrogens with zero attached hydrogens (tertiary/aromatic N) is 2. The van der Waals surface area contributed by atoms with Gasteiger partial charge in [0.15, 0.2) is 0 Å². The number of nitrogens with one attached hydrogen (secondary N) is 1. The summed E-state index contributed by atoms with van der Waals surface area (Å²) in [4.78, 5) is 30.0. The Hall–Kier alpha value is -2.86. The van der Waals surface area contributed by atoms with Gasteiger partial charge >= 0.3 is 5.97 Å². The van der Waals surface area contributed by atoms with Gasteiger partial charge in [0.2, 0.25) is 0 Å². The summed E-state index contributed by atoms with van der Waals surface area (Å²) in [7, 11) is 0. The van der Waals surface area contributed by atoms with Crippen molar-refractivity contribution in [1.29, 1.82) is 0 Å². The van der Waals surface area contributed by atoms with E-state index in [9.17, 15) is 14.7 Å². The SMILES string of the molecule is C[C@@H](Nc1ccccc1C(=O)O)c1cc(Cl)cc2c(=O)n3c(nc12)C1(CCCC1)CC3. The van der Waals surface area contributed by atoms with E-state index >= 15 is 0 Å². The molecule has 160 valence electrons. The van der Waals surface area contributed by atoms with E-state index in [1.165, 1.54) is 12.8 Å². The third-order valence-electron chi connectivity index (χ3n) is 6.90. The molecule has 1 aliphatic carbocycles. The third-order valence-corrected chi connectivity index (χ3v) is 7.12. The van der Waals surface area contributed by atoms with Crippen molar-refractivity contribution in [1.82, 2.24) is 9.55 Å². The van der Waals surface area contributed by atoms with Gasteiger partial charge in [-0.1, -0.05) is 36.6 Å². The molecule has 0 radical (unpaired) electrons. The minimum Gasteiger partial charge on any atom is -0.478 e. The number of halogens is 1. The van der Waals surface area contributed by atoms with Crippen LogP contribution in [0.1, 0.15) is 66.8 Å². The molecular formula is C24H24ClN3O3. The zero-order valence-electron chi connectivity index (χ0n) is 17.3. The van der Waals surface area contributed by atoms with Gasteiger partial charge in [-0.3, -0.25) is 9.36 Å². The van der Waals surface area contributed by atoms with Gasteiger partial charge in [0.1, 0.15) is 5.82 Å². The zero-order valence-corrected chi connectivity index (χ0v) is 18.1. The van der Waals surface area contributed by atoms with Crippen LogP contribution in [0.25, 0.3) is 10.9 Å². The zero-order chi connectivity index (χ0) is 21.8. The molecule has 0 bridgehead atoms. The molecule has 2 aliphatic rings. The summed E-state index contributed by atoms with van der Waals surface area (Å²) in [6, 6.07) is 10.0. The minimum atomic E-state index is -0.997. The number of aromatic nitrogens is 2. The molecule has 1 aromatic heterocycles. The molecule has 1 fully saturated rings. The van der Waals surface area contributed by atoms with Crippen molar-refractivity contribution in [2.45, 2.75) is 57.0 Å². The Morgan fingerprint density at radius 1 is 1.23 bits per heavy atom. The second-order valence-corrected chi connectivity index (χ2v) is 9.17. The van der Waals surface area contributed by atoms with Gasteiger partial charge in [-0.2, -0.15) is 0 Å². The lowest BCUT2D eigenvalue weighted by Gasteiger charge is -2.23. The molecule has 0 amide bonds. The van der Waals surface area contributed by atoms with E-state index in [2.05, 4.69) is 5.32 Å². The van der Waals surface area contributed by atoms with Crippen LogP contribution in [-0.2, 0) is 12.0 Å². The second-order valence-electron chi connectivity index (χ2n) is 8.74. The van der Waals surface area contributed by atoms with Crippen LogP contribution in [0.5, 0.6) is 0 Å². The van der Waals surface area contributed by atoms with Crippen LogP contribution in [0.15, 0.2) is 41.2 Å². The highest BCUT2D eigenvalue weighted by Gasteiger charge is 2.43. The number of fused-ring (bicyclic) bond motifs is 3. The molecular weight excluding hydrogens is 414 g/mol. The maximum absolute atomic E-state index is 13.4. The highest BCUT2D eigenvalue weighted by atomic mass is 35.5. The summed E-state index contributed by atoms with van der Waals surface area (Å²) in [6.45, 7) is 2.64. The minimum absolute atomic E-state index is 0.0107. The molecule has 2 heterocycles. The summed E-state index contributed by atoms with van der Waals surface area (Å²) in [5, 5.41) is 13.8. The van der Waals surface area contributed by atoms with E-state index in [1.54, 1.807) is 30.3 Å². The van der Waals surface area contributed by atoms with E-state index in [0.717, 1.165) is 30.7 Å². The van der Waals surface area contributed by atoms with Gasteiger partial charge in [-0.25, -0.2) is 9.78 Å². The van der Waals surface area contributed by atoms with Crippen LogP contribution >= 0.6 is 11.6 Å². The average molecular weight is 438 g/mol. The number of anilines is 1. The fourth-order valence-corrected chi connectivity index (χ4v) is 5.55. The largest absolute Gasteiger partial charge is 0.478 e. The van der Waals surface area contributed by atoms with Gasteiger partial charge in [0, 0.05) is 28.2 Å². The summed E-state index contributed by atoms with van der Waals surface area (Å²) in [5.41, 5.74) is 2.13. The van der Waals surface area contributed by atoms with Crippen LogP contribution in [0, 0.1) is 0 Å². The smallest absolute Gasteiger partial charge is 0.337 e. The predicted octanol–water partition coefficient (Wildman–Crippen LogP) is 5.14. The number of rotatable bonds is 4. The number of hydrogen-bond acceptors (Lipinski definition) is 4. The topological polar surface area (TPSA) is 84.2 Å². The molecule has 1 atom stereocenters. The lowest BCUT2D eigenvalue weighted by molar-refractivity contribution is 0.0698. The normalized spacial score (nSPS) is 17.7. The first-order valence-corrected chi connectivity index (χ1v) is 11.1. The van der Waals surface area contributed by atoms with Crippen molar-refractivity contribution in [3.05, 3.63) is 68.7 Å². The van der Waals surface area contributed by atoms with E-state index in [0.29, 0.717) is 28.2 Å². The Labute approximate surface area is 184 Å². The molecule has 2 aromatic carbocycles. The third kappa shape index (κ3) is 3.21. The molecule has 1 aliphatic heterocycles. The highest BCUT2D eigenvalue weighted by Crippen LogP contribution is 2.46. The molecule has 1 saturated carbocycles. The molecule has 31 heavy (non-hydrogen) atoms. The molecule has 7 heteroatoms. The number of benzene rings is 2. The molecule has 5 rings (SSSR count). The van der Waals surface area contributed by atoms with Crippen molar-refractivity contribution in [2.24, 2.45) is 0 Å². The van der Waals surface area contributed by atoms with Crippen molar-refractivity contribution < 1.29 is 9.90 Å². The van der Waals surface area contributed by atoms with Crippen LogP contribution < -0.4 is 10.9 Å². The van der Waals surface area contributed by atoms with Crippen molar-refractivity contribution in [3.8, 4) is 0 Å². The van der Waals surface area contributed by atoms with Crippen molar-refractivity contribution in [2.75, 3.05) is 5.32 Å². The summed E-state index contributed by atoms with van der Waals surface area (Å²) < 4.78 is 1.84. The van der Waals surface area contributed by atoms with Gasteiger partial charge < -0.3 is 10.4 Å². The summed E-state index contributed by atoms with van der Waals surface area (Å²) >= 11 is 6.40. The predicted molar refractivity (Wildman–Crippen MR) is 121 cm³/mol. The fourth-order valence-electron chi connectivity index (χ4n) is 5.33. The van der Waals surface area contributed by atoms with Crippen LogP contribution in [0.3, 0.4) is 0 Å². The number of carboxylic acid groups (broad SMARTS) is 1. The van der Waals surface area contributed by atoms with Crippen molar-refractivity contribution in [3.63, 3.8) is 0 Å². The molecule has 2 N–H and O–H groups in total. The maximum atomic E-state index is 13.4. The Balaban J connectivity index is 1.65. The van der Waals surface area contributed by atoms with E-state index in [1.807, 2.05) is 17.6 Å². The summed E-state index contributed by atoms with van der Waals surface area (Å²) in [6.07, 6.45) is 5.46. The Morgan fingerprint density at radius 2 is 1.97 bits per heavy atom. The Kier molecular flexibility index (Phi) is 4.77. The first-order valence-electron chi connectivity index (χ1n) is 10.7. The molecule has 0 saturated heterocycles. The second kappa shape index (κ2) is 7.38. The Bertz CT molecular complexity index is 1260. The lowest BCUT2D eigenvalue weighted by Crippen LogP contribution is -2.27. The van der Waals surface area contributed by atoms with Gasteiger partial charge in [0.25, 0.3) is 5.56 Å². The molecule has 0 unspecified atom stereocenters. The molecule has 1 spiro atoms. The van der Waals surface area contributed by atoms with Crippen LogP contribution in [-0.4, -0.2) is 20.6 Å². The average Bonchev–Trinajstić information content (AvgIpc) is 3.37. The maximum Gasteiger partial charge on any atom is 0.337 e. The lowest BCUT2D eigenvalue weighted by atomic mass is 9.84. The van der Waals surface area contributed by atoms with Crippen molar-refractivity contribution >= 4 is 34.2 Å². The van der Waals surface area contributed by atoms with Crippen LogP contribution in [0.4, 0.5) is 5.69 Å². The standard InChI is InChI=1S/C24H24ClN3O3/c1-14(26-19-7-3-2-6-16(19)22(30)31)17-12-15(25)13-18-20(17)27-23-24(8-4-5-9-24)10-11-28(23)21(18)29/h2-3,6-7,12-14,26H,4-5,8-11H2,1H3,(H,30,31)/t14-/m1/s1. The van der Waals surface area contributed by atoms with Gasteiger partial charge in [-0.05, 0) is 50.5 Å². The quantitative estimate of drug-likeness (QED) is 0.590. The number of carbonyl (C=O) groups is 1. The highest BCUT2D eigenvalue weighted by molar-refractivity contribution is 6.31. The van der Waals surface area contributed by atoms with E-state index < -0.39 is 5.97 Å². The molecule has 3 aromatic rings. The van der Waals surface area contributed by atoms with Gasteiger partial charge in [-0.15, -0.1) is 0 Å². The van der Waals surface area contributed by atoms with E-state index in [4.69, 9.17) is 16.6 Å². The summed E-state index contributed by atoms with van der Waals surface area (Å²) in [5.74, 6) is -0.0900. The monoisotopic (exact) mass is 437 g/mol. The first kappa shape index (κ1) is 20.1. The number of hydrogen-bond donors (Lipinski definition) is 2. The fraction of sp³-hybridized carbons (Fsp3) is 0.375. The van der Waals surface area contributed by atoms with Gasteiger partial charge in [0.05, 0.1) is 22.5 Å². The molecule has 6 nitrogen and oxygen atoms in total. The van der Waals surface area contributed by atoms with Crippen LogP contribution in [0.2, 0.25) is 5.02 Å². The number of para-hydroxylation sites is 1. The first-order chi connectivity index (χ1) is 14.9.